The summed E-state index contributed by atoms with van der Waals surface area (Å²) in [5.41, 5.74) is 0.319. The Labute approximate surface area is 170 Å². The smallest absolute Gasteiger partial charge is 0.233 e. The van der Waals surface area contributed by atoms with Gasteiger partial charge in [0.1, 0.15) is 12.1 Å². The van der Waals surface area contributed by atoms with E-state index in [1.165, 1.54) is 27.6 Å². The minimum absolute atomic E-state index is 0.121. The molecule has 0 N–H and O–H groups in total. The lowest BCUT2D eigenvalue weighted by Gasteiger charge is -2.18. The fourth-order valence-corrected chi connectivity index (χ4v) is 4.24. The minimum atomic E-state index is -0.414. The molecule has 3 rings (SSSR count). The maximum absolute atomic E-state index is 13.9. The number of hydrogen-bond donors (Lipinski definition) is 0. The second kappa shape index (κ2) is 9.34. The lowest BCUT2D eigenvalue weighted by atomic mass is 10.2. The van der Waals surface area contributed by atoms with Gasteiger partial charge in [-0.25, -0.2) is 4.39 Å². The molecule has 3 aromatic rings. The van der Waals surface area contributed by atoms with Crippen LogP contribution in [0.2, 0.25) is 5.02 Å². The Morgan fingerprint density at radius 3 is 2.96 bits per heavy atom. The lowest BCUT2D eigenvalue weighted by Crippen LogP contribution is -2.28. The zero-order valence-electron chi connectivity index (χ0n) is 14.6. The summed E-state index contributed by atoms with van der Waals surface area (Å²) >= 11 is 9.06. The van der Waals surface area contributed by atoms with Gasteiger partial charge in [0.2, 0.25) is 5.91 Å². The van der Waals surface area contributed by atoms with Gasteiger partial charge in [-0.1, -0.05) is 35.5 Å². The Morgan fingerprint density at radius 1 is 1.37 bits per heavy atom. The van der Waals surface area contributed by atoms with Gasteiger partial charge >= 0.3 is 0 Å². The van der Waals surface area contributed by atoms with Crippen molar-refractivity contribution in [2.24, 2.45) is 0 Å². The predicted molar refractivity (Wildman–Crippen MR) is 107 cm³/mol. The molecule has 0 aliphatic carbocycles. The highest BCUT2D eigenvalue weighted by atomic mass is 35.5. The van der Waals surface area contributed by atoms with E-state index in [1.807, 2.05) is 16.0 Å². The molecule has 27 heavy (non-hydrogen) atoms. The van der Waals surface area contributed by atoms with Crippen LogP contribution in [0.15, 0.2) is 47.2 Å². The number of carbonyl (C=O) groups is 1. The van der Waals surface area contributed by atoms with Crippen molar-refractivity contribution in [1.29, 1.82) is 0 Å². The Hall–Kier alpha value is -1.90. The Balaban J connectivity index is 1.54. The molecular weight excluding hydrogens is 407 g/mol. The van der Waals surface area contributed by atoms with Gasteiger partial charge in [0, 0.05) is 35.6 Å². The molecule has 0 saturated heterocycles. The number of rotatable bonds is 8. The van der Waals surface area contributed by atoms with Gasteiger partial charge in [-0.05, 0) is 30.0 Å². The van der Waals surface area contributed by atoms with Gasteiger partial charge < -0.3 is 9.47 Å². The number of hydrogen-bond acceptors (Lipinski definition) is 5. The van der Waals surface area contributed by atoms with Crippen molar-refractivity contribution in [1.82, 2.24) is 19.7 Å². The summed E-state index contributed by atoms with van der Waals surface area (Å²) in [7, 11) is 1.63. The van der Waals surface area contributed by atoms with Crippen molar-refractivity contribution >= 4 is 40.6 Å². The highest BCUT2D eigenvalue weighted by Crippen LogP contribution is 2.22. The van der Waals surface area contributed by atoms with Gasteiger partial charge in [0.25, 0.3) is 0 Å². The number of halogens is 2. The number of aryl methyl sites for hydroxylation is 2. The van der Waals surface area contributed by atoms with E-state index in [2.05, 4.69) is 16.3 Å². The minimum Gasteiger partial charge on any atom is -0.341 e. The van der Waals surface area contributed by atoms with E-state index in [-0.39, 0.29) is 18.2 Å². The standard InChI is InChI=1S/C18H18ClFN4OS2/c1-23(10-14-15(19)5-2-6-16(14)20)17(25)11-27-18-22-21-12-24(18)8-7-13-4-3-9-26-13/h2-6,9,12H,7-8,10-11H2,1H3. The van der Waals surface area contributed by atoms with E-state index in [0.717, 1.165) is 13.0 Å². The first kappa shape index (κ1) is 19.9. The maximum Gasteiger partial charge on any atom is 0.233 e. The van der Waals surface area contributed by atoms with Crippen molar-refractivity contribution in [2.75, 3.05) is 12.8 Å². The number of amides is 1. The normalized spacial score (nSPS) is 10.9. The summed E-state index contributed by atoms with van der Waals surface area (Å²) in [5.74, 6) is -0.351. The van der Waals surface area contributed by atoms with Crippen molar-refractivity contribution in [3.05, 3.63) is 63.3 Å². The van der Waals surface area contributed by atoms with E-state index in [0.29, 0.717) is 15.7 Å². The summed E-state index contributed by atoms with van der Waals surface area (Å²) in [6.07, 6.45) is 2.56. The molecule has 1 aromatic carbocycles. The fourth-order valence-electron chi connectivity index (χ4n) is 2.44. The molecule has 0 atom stereocenters. The second-order valence-corrected chi connectivity index (χ2v) is 8.26. The molecule has 0 fully saturated rings. The summed E-state index contributed by atoms with van der Waals surface area (Å²) in [6, 6.07) is 8.61. The van der Waals surface area contributed by atoms with Crippen molar-refractivity contribution < 1.29 is 9.18 Å². The van der Waals surface area contributed by atoms with Gasteiger partial charge in [-0.3, -0.25) is 4.79 Å². The summed E-state index contributed by atoms with van der Waals surface area (Å²) in [5, 5.41) is 11.1. The number of thiophene rings is 1. The van der Waals surface area contributed by atoms with Crippen LogP contribution in [0, 0.1) is 5.82 Å². The van der Waals surface area contributed by atoms with Crippen LogP contribution in [0.1, 0.15) is 10.4 Å². The summed E-state index contributed by atoms with van der Waals surface area (Å²) in [6.45, 7) is 0.876. The fraction of sp³-hybridized carbons (Fsp3) is 0.278. The average Bonchev–Trinajstić information content (AvgIpc) is 3.32. The lowest BCUT2D eigenvalue weighted by molar-refractivity contribution is -0.127. The van der Waals surface area contributed by atoms with E-state index < -0.39 is 5.82 Å². The SMILES string of the molecule is CN(Cc1c(F)cccc1Cl)C(=O)CSc1nncn1CCc1cccs1. The Morgan fingerprint density at radius 2 is 2.22 bits per heavy atom. The molecule has 0 aliphatic rings. The number of benzene rings is 1. The van der Waals surface area contributed by atoms with Crippen LogP contribution >= 0.6 is 34.7 Å². The molecule has 2 aromatic heterocycles. The van der Waals surface area contributed by atoms with E-state index in [4.69, 9.17) is 11.6 Å². The summed E-state index contributed by atoms with van der Waals surface area (Å²) < 4.78 is 15.8. The van der Waals surface area contributed by atoms with E-state index in [9.17, 15) is 9.18 Å². The zero-order chi connectivity index (χ0) is 19.2. The van der Waals surface area contributed by atoms with Gasteiger partial charge in [0.05, 0.1) is 5.75 Å². The first-order chi connectivity index (χ1) is 13.0. The van der Waals surface area contributed by atoms with E-state index >= 15 is 0 Å². The molecule has 0 spiro atoms. The molecule has 5 nitrogen and oxygen atoms in total. The molecule has 2 heterocycles. The first-order valence-electron chi connectivity index (χ1n) is 8.24. The number of nitrogens with zero attached hydrogens (tertiary/aromatic N) is 4. The molecule has 0 aliphatic heterocycles. The molecular formula is C18H18ClFN4OS2. The summed E-state index contributed by atoms with van der Waals surface area (Å²) in [4.78, 5) is 15.2. The molecule has 9 heteroatoms. The van der Waals surface area contributed by atoms with Crippen LogP contribution < -0.4 is 0 Å². The third kappa shape index (κ3) is 5.31. The second-order valence-electron chi connectivity index (χ2n) is 5.87. The molecule has 0 bridgehead atoms. The van der Waals surface area contributed by atoms with Crippen molar-refractivity contribution in [3.8, 4) is 0 Å². The number of aromatic nitrogens is 3. The molecule has 142 valence electrons. The third-order valence-electron chi connectivity index (χ3n) is 3.97. The Bertz CT molecular complexity index is 880. The van der Waals surface area contributed by atoms with Crippen LogP contribution in [-0.4, -0.2) is 38.4 Å². The number of carbonyl (C=O) groups excluding carboxylic acids is 1. The average molecular weight is 425 g/mol. The van der Waals surface area contributed by atoms with Crippen LogP contribution in [0.5, 0.6) is 0 Å². The van der Waals surface area contributed by atoms with Crippen LogP contribution in [0.4, 0.5) is 4.39 Å². The quantitative estimate of drug-likeness (QED) is 0.510. The molecule has 0 unspecified atom stereocenters. The van der Waals surface area contributed by atoms with Gasteiger partial charge in [-0.15, -0.1) is 21.5 Å². The molecule has 0 saturated carbocycles. The largest absolute Gasteiger partial charge is 0.341 e. The van der Waals surface area contributed by atoms with Crippen molar-refractivity contribution in [3.63, 3.8) is 0 Å². The van der Waals surface area contributed by atoms with Gasteiger partial charge in [-0.2, -0.15) is 0 Å². The van der Waals surface area contributed by atoms with Crippen LogP contribution in [0.3, 0.4) is 0 Å². The predicted octanol–water partition coefficient (Wildman–Crippen LogP) is 4.13. The monoisotopic (exact) mass is 424 g/mol. The topological polar surface area (TPSA) is 51.0 Å². The molecule has 1 amide bonds. The highest BCUT2D eigenvalue weighted by molar-refractivity contribution is 7.99. The highest BCUT2D eigenvalue weighted by Gasteiger charge is 2.16. The van der Waals surface area contributed by atoms with E-state index in [1.54, 1.807) is 36.8 Å². The third-order valence-corrected chi connectivity index (χ3v) is 6.22. The van der Waals surface area contributed by atoms with Crippen LogP contribution in [-0.2, 0) is 24.3 Å². The van der Waals surface area contributed by atoms with Crippen LogP contribution in [0.25, 0.3) is 0 Å². The first-order valence-corrected chi connectivity index (χ1v) is 10.5. The zero-order valence-corrected chi connectivity index (χ0v) is 17.0. The maximum atomic E-state index is 13.9. The van der Waals surface area contributed by atoms with Gasteiger partial charge in [0.15, 0.2) is 5.16 Å². The molecule has 0 radical (unpaired) electrons. The Kier molecular flexibility index (Phi) is 6.87. The van der Waals surface area contributed by atoms with Crippen molar-refractivity contribution in [2.45, 2.75) is 24.7 Å². The number of thioether (sulfide) groups is 1.